The van der Waals surface area contributed by atoms with E-state index in [1.54, 1.807) is 30.3 Å². The third kappa shape index (κ3) is 3.31. The van der Waals surface area contributed by atoms with Crippen molar-refractivity contribution in [3.8, 4) is 0 Å². The molecule has 2 amide bonds. The summed E-state index contributed by atoms with van der Waals surface area (Å²) in [6.07, 6.45) is 2.48. The van der Waals surface area contributed by atoms with E-state index in [2.05, 4.69) is 10.3 Å². The molecule has 2 aromatic rings. The molecule has 2 heterocycles. The molecule has 0 spiro atoms. The van der Waals surface area contributed by atoms with Crippen LogP contribution in [0.2, 0.25) is 0 Å². The van der Waals surface area contributed by atoms with Crippen molar-refractivity contribution in [3.63, 3.8) is 0 Å². The molecule has 1 fully saturated rings. The van der Waals surface area contributed by atoms with Gasteiger partial charge in [-0.1, -0.05) is 12.1 Å². The number of halogens is 1. The summed E-state index contributed by atoms with van der Waals surface area (Å²) in [6.45, 7) is 1.92. The second-order valence-corrected chi connectivity index (χ2v) is 7.15. The van der Waals surface area contributed by atoms with Crippen LogP contribution < -0.4 is 5.32 Å². The largest absolute Gasteiger partial charge is 0.338 e. The molecule has 1 aliphatic heterocycles. The molecule has 126 valence electrons. The van der Waals surface area contributed by atoms with E-state index in [0.717, 1.165) is 10.4 Å². The van der Waals surface area contributed by atoms with Gasteiger partial charge in [0.05, 0.1) is 12.0 Å². The number of carbonyl (C=O) groups excluding carboxylic acids is 2. The lowest BCUT2D eigenvalue weighted by Crippen LogP contribution is -2.44. The van der Waals surface area contributed by atoms with Crippen molar-refractivity contribution >= 4 is 28.3 Å². The van der Waals surface area contributed by atoms with Crippen molar-refractivity contribution in [1.29, 1.82) is 0 Å². The molecule has 0 radical (unpaired) electrons. The number of hydrogen-bond acceptors (Lipinski definition) is 4. The summed E-state index contributed by atoms with van der Waals surface area (Å²) in [6, 6.07) is 5.54. The molecule has 1 saturated heterocycles. The zero-order valence-electron chi connectivity index (χ0n) is 13.5. The maximum atomic E-state index is 13.2. The molecule has 0 aliphatic carbocycles. The highest BCUT2D eigenvalue weighted by molar-refractivity contribution is 7.15. The van der Waals surface area contributed by atoms with Crippen molar-refractivity contribution in [1.82, 2.24) is 9.88 Å². The van der Waals surface area contributed by atoms with Crippen LogP contribution >= 0.6 is 11.3 Å². The van der Waals surface area contributed by atoms with Gasteiger partial charge < -0.3 is 10.2 Å². The zero-order valence-corrected chi connectivity index (χ0v) is 14.3. The lowest BCUT2D eigenvalue weighted by Gasteiger charge is -2.38. The molecule has 1 aromatic heterocycles. The minimum Gasteiger partial charge on any atom is -0.338 e. The Kier molecular flexibility index (Phi) is 4.62. The van der Waals surface area contributed by atoms with Gasteiger partial charge in [-0.05, 0) is 31.0 Å². The Morgan fingerprint density at radius 3 is 2.71 bits per heavy atom. The van der Waals surface area contributed by atoms with Gasteiger partial charge in [0.2, 0.25) is 11.8 Å². The maximum Gasteiger partial charge on any atom is 0.231 e. The summed E-state index contributed by atoms with van der Waals surface area (Å²) in [4.78, 5) is 31.5. The second-order valence-electron chi connectivity index (χ2n) is 5.91. The summed E-state index contributed by atoms with van der Waals surface area (Å²) in [5.74, 6) is -0.929. The number of aryl methyl sites for hydroxylation is 1. The Bertz CT molecular complexity index is 759. The van der Waals surface area contributed by atoms with Crippen LogP contribution in [0, 0.1) is 18.7 Å². The van der Waals surface area contributed by atoms with Gasteiger partial charge in [0.25, 0.3) is 0 Å². The molecule has 5 nitrogen and oxygen atoms in total. The smallest absolute Gasteiger partial charge is 0.231 e. The topological polar surface area (TPSA) is 62.3 Å². The number of carbonyl (C=O) groups is 2. The van der Waals surface area contributed by atoms with Crippen LogP contribution in [0.15, 0.2) is 30.5 Å². The average Bonchev–Trinajstić information content (AvgIpc) is 2.96. The van der Waals surface area contributed by atoms with Crippen LogP contribution in [-0.4, -0.2) is 28.7 Å². The molecular weight excluding hydrogens is 329 g/mol. The summed E-state index contributed by atoms with van der Waals surface area (Å²) >= 11 is 1.41. The fraction of sp³-hybridized carbons (Fsp3) is 0.353. The Morgan fingerprint density at radius 1 is 1.38 bits per heavy atom. The van der Waals surface area contributed by atoms with Crippen molar-refractivity contribution in [2.24, 2.45) is 5.92 Å². The van der Waals surface area contributed by atoms with Crippen LogP contribution in [0.5, 0.6) is 0 Å². The predicted molar refractivity (Wildman–Crippen MR) is 90.1 cm³/mol. The van der Waals surface area contributed by atoms with E-state index in [0.29, 0.717) is 18.0 Å². The number of likely N-dealkylation sites (tertiary alicyclic amines) is 1. The highest BCUT2D eigenvalue weighted by Gasteiger charge is 2.39. The second kappa shape index (κ2) is 6.68. The van der Waals surface area contributed by atoms with Crippen molar-refractivity contribution in [2.75, 3.05) is 12.4 Å². The number of piperidine rings is 1. The number of nitrogens with zero attached hydrogens (tertiary/aromatic N) is 2. The van der Waals surface area contributed by atoms with E-state index in [1.807, 2.05) is 6.92 Å². The summed E-state index contributed by atoms with van der Waals surface area (Å²) in [5, 5.41) is 3.39. The van der Waals surface area contributed by atoms with Gasteiger partial charge in [-0.25, -0.2) is 9.37 Å². The molecule has 0 saturated carbocycles. The first-order chi connectivity index (χ1) is 11.5. The van der Waals surface area contributed by atoms with Gasteiger partial charge in [-0.15, -0.1) is 11.3 Å². The van der Waals surface area contributed by atoms with E-state index in [-0.39, 0.29) is 17.6 Å². The van der Waals surface area contributed by atoms with Gasteiger partial charge in [0, 0.05) is 24.5 Å². The fourth-order valence-corrected chi connectivity index (χ4v) is 3.71. The Labute approximate surface area is 143 Å². The first-order valence-corrected chi connectivity index (χ1v) is 8.52. The predicted octanol–water partition coefficient (Wildman–Crippen LogP) is 3.14. The minimum atomic E-state index is -0.409. The number of aromatic nitrogens is 1. The quantitative estimate of drug-likeness (QED) is 0.928. The van der Waals surface area contributed by atoms with Crippen molar-refractivity contribution in [2.45, 2.75) is 25.8 Å². The SMILES string of the molecule is Cc1cnc(NC(=O)[C@@H]2CCC(=O)N(C)[C@H]2c2ccc(F)cc2)s1. The van der Waals surface area contributed by atoms with Crippen LogP contribution in [0.4, 0.5) is 9.52 Å². The highest BCUT2D eigenvalue weighted by Crippen LogP contribution is 2.36. The number of hydrogen-bond donors (Lipinski definition) is 1. The summed E-state index contributed by atoms with van der Waals surface area (Å²) < 4.78 is 13.2. The summed E-state index contributed by atoms with van der Waals surface area (Å²) in [5.41, 5.74) is 0.752. The van der Waals surface area contributed by atoms with E-state index < -0.39 is 12.0 Å². The normalized spacial score (nSPS) is 21.0. The van der Waals surface area contributed by atoms with Crippen LogP contribution in [0.25, 0.3) is 0 Å². The molecule has 24 heavy (non-hydrogen) atoms. The minimum absolute atomic E-state index is 0.0153. The molecule has 1 N–H and O–H groups in total. The fourth-order valence-electron chi connectivity index (χ4n) is 3.04. The van der Waals surface area contributed by atoms with Crippen LogP contribution in [0.3, 0.4) is 0 Å². The molecule has 7 heteroatoms. The number of rotatable bonds is 3. The Morgan fingerprint density at radius 2 is 2.08 bits per heavy atom. The van der Waals surface area contributed by atoms with Gasteiger partial charge in [-0.3, -0.25) is 9.59 Å². The van der Waals surface area contributed by atoms with Gasteiger partial charge >= 0.3 is 0 Å². The van der Waals surface area contributed by atoms with Gasteiger partial charge in [0.1, 0.15) is 5.82 Å². The standard InChI is InChI=1S/C17H18FN3O2S/c1-10-9-19-17(24-10)20-16(23)13-7-8-14(22)21(2)15(13)11-3-5-12(18)6-4-11/h3-6,9,13,15H,7-8H2,1-2H3,(H,19,20,23)/t13-,15+/m1/s1. The Hall–Kier alpha value is -2.28. The summed E-state index contributed by atoms with van der Waals surface area (Å²) in [7, 11) is 1.68. The number of amides is 2. The molecule has 0 unspecified atom stereocenters. The van der Waals surface area contributed by atoms with Crippen molar-refractivity contribution in [3.05, 3.63) is 46.7 Å². The van der Waals surface area contributed by atoms with Crippen LogP contribution in [0.1, 0.15) is 29.3 Å². The maximum absolute atomic E-state index is 13.2. The van der Waals surface area contributed by atoms with E-state index in [1.165, 1.54) is 23.5 Å². The zero-order chi connectivity index (χ0) is 17.3. The number of anilines is 1. The molecule has 1 aliphatic rings. The van der Waals surface area contributed by atoms with E-state index in [4.69, 9.17) is 0 Å². The van der Waals surface area contributed by atoms with Crippen molar-refractivity contribution < 1.29 is 14.0 Å². The first kappa shape index (κ1) is 16.6. The first-order valence-electron chi connectivity index (χ1n) is 7.70. The average molecular weight is 347 g/mol. The Balaban J connectivity index is 1.86. The third-order valence-electron chi connectivity index (χ3n) is 4.26. The monoisotopic (exact) mass is 347 g/mol. The van der Waals surface area contributed by atoms with E-state index in [9.17, 15) is 14.0 Å². The molecule has 0 bridgehead atoms. The van der Waals surface area contributed by atoms with Gasteiger partial charge in [0.15, 0.2) is 5.13 Å². The van der Waals surface area contributed by atoms with Crippen LogP contribution in [-0.2, 0) is 9.59 Å². The number of nitrogens with one attached hydrogen (secondary N) is 1. The molecule has 2 atom stereocenters. The third-order valence-corrected chi connectivity index (χ3v) is 5.09. The lowest BCUT2D eigenvalue weighted by molar-refractivity contribution is -0.140. The molecular formula is C17H18FN3O2S. The molecule has 1 aromatic carbocycles. The number of thiazole rings is 1. The van der Waals surface area contributed by atoms with E-state index >= 15 is 0 Å². The number of benzene rings is 1. The highest BCUT2D eigenvalue weighted by atomic mass is 32.1. The molecule has 3 rings (SSSR count). The van der Waals surface area contributed by atoms with Gasteiger partial charge in [-0.2, -0.15) is 0 Å². The lowest BCUT2D eigenvalue weighted by atomic mass is 9.84.